The molecule has 46 heavy (non-hydrogen) atoms. The van der Waals surface area contributed by atoms with Crippen LogP contribution in [0.4, 0.5) is 34.1 Å². The fourth-order valence-electron chi connectivity index (χ4n) is 7.65. The Labute approximate surface area is 273 Å². The highest BCUT2D eigenvalue weighted by Gasteiger charge is 2.33. The Morgan fingerprint density at radius 1 is 0.370 bits per heavy atom. The first-order chi connectivity index (χ1) is 22.6. The van der Waals surface area contributed by atoms with Gasteiger partial charge in [-0.15, -0.1) is 0 Å². The van der Waals surface area contributed by atoms with Crippen LogP contribution in [0.3, 0.4) is 0 Å². The Bertz CT molecular complexity index is 1870. The van der Waals surface area contributed by atoms with Gasteiger partial charge in [-0.3, -0.25) is 0 Å². The number of rotatable bonds is 7. The lowest BCUT2D eigenvalue weighted by Gasteiger charge is -2.38. The Morgan fingerprint density at radius 3 is 1.28 bits per heavy atom. The van der Waals surface area contributed by atoms with Gasteiger partial charge in [0.1, 0.15) is 0 Å². The second-order valence-electron chi connectivity index (χ2n) is 13.1. The quantitative estimate of drug-likeness (QED) is 0.181. The number of nitrogens with zero attached hydrogens (tertiary/aromatic N) is 2. The molecule has 6 aromatic carbocycles. The van der Waals surface area contributed by atoms with Gasteiger partial charge in [0.2, 0.25) is 0 Å². The van der Waals surface area contributed by atoms with Crippen molar-refractivity contribution in [2.45, 2.75) is 51.4 Å². The molecular formula is C44H40N2. The molecule has 0 aliphatic heterocycles. The van der Waals surface area contributed by atoms with E-state index in [2.05, 4.69) is 169 Å². The average Bonchev–Trinajstić information content (AvgIpc) is 3.11. The van der Waals surface area contributed by atoms with Gasteiger partial charge < -0.3 is 9.80 Å². The summed E-state index contributed by atoms with van der Waals surface area (Å²) in [6.45, 7) is 4.30. The highest BCUT2D eigenvalue weighted by molar-refractivity contribution is 5.87. The highest BCUT2D eigenvalue weighted by Crippen LogP contribution is 2.51. The van der Waals surface area contributed by atoms with Crippen molar-refractivity contribution >= 4 is 34.1 Å². The van der Waals surface area contributed by atoms with Gasteiger partial charge >= 0.3 is 0 Å². The van der Waals surface area contributed by atoms with Crippen molar-refractivity contribution in [3.05, 3.63) is 168 Å². The average molecular weight is 597 g/mol. The molecule has 226 valence electrons. The maximum atomic E-state index is 2.52. The van der Waals surface area contributed by atoms with E-state index in [1.807, 2.05) is 0 Å². The number of aryl methyl sites for hydroxylation is 2. The summed E-state index contributed by atoms with van der Waals surface area (Å²) in [6, 6.07) is 53.7. The SMILES string of the molecule is Cc1ccc(N(c2ccc(C)cc2)c2cc(-c3ccc4c(c3)C3CCC4CC3)cc(N(c3ccccc3)c3ccccc3)c2)cc1. The minimum absolute atomic E-state index is 0.698. The van der Waals surface area contributed by atoms with Gasteiger partial charge in [-0.2, -0.15) is 0 Å². The van der Waals surface area contributed by atoms with Crippen LogP contribution in [0, 0.1) is 13.8 Å². The monoisotopic (exact) mass is 596 g/mol. The zero-order valence-electron chi connectivity index (χ0n) is 26.7. The third kappa shape index (κ3) is 5.39. The van der Waals surface area contributed by atoms with Crippen LogP contribution in [0.15, 0.2) is 146 Å². The first-order valence-corrected chi connectivity index (χ1v) is 16.7. The standard InChI is InChI=1S/C44H40N2/c1-31-13-22-39(23-14-31)46(40-24-15-32(2)16-25-40)42-28-36(35-21-26-43-33-17-19-34(20-18-33)44(43)29-35)27-41(30-42)45(37-9-5-3-6-10-37)38-11-7-4-8-12-38/h3-16,21-30,33-34H,17-20H2,1-2H3. The van der Waals surface area contributed by atoms with E-state index in [4.69, 9.17) is 0 Å². The Kier molecular flexibility index (Phi) is 7.42. The molecule has 0 radical (unpaired) electrons. The summed E-state index contributed by atoms with van der Waals surface area (Å²) in [6.07, 6.45) is 5.36. The van der Waals surface area contributed by atoms with Crippen LogP contribution in [0.1, 0.15) is 59.8 Å². The van der Waals surface area contributed by atoms with Crippen LogP contribution >= 0.6 is 0 Å². The predicted molar refractivity (Wildman–Crippen MR) is 195 cm³/mol. The first kappa shape index (κ1) is 28.4. The second-order valence-corrected chi connectivity index (χ2v) is 13.1. The molecule has 9 rings (SSSR count). The summed E-state index contributed by atoms with van der Waals surface area (Å²) in [5.41, 5.74) is 15.0. The molecule has 6 aromatic rings. The molecule has 1 saturated carbocycles. The number of benzene rings is 6. The molecule has 3 aliphatic carbocycles. The molecule has 2 heteroatoms. The third-order valence-corrected chi connectivity index (χ3v) is 10.1. The van der Waals surface area contributed by atoms with Crippen LogP contribution in [-0.4, -0.2) is 0 Å². The van der Waals surface area contributed by atoms with E-state index < -0.39 is 0 Å². The lowest BCUT2D eigenvalue weighted by atomic mass is 9.66. The predicted octanol–water partition coefficient (Wildman–Crippen LogP) is 12.7. The summed E-state index contributed by atoms with van der Waals surface area (Å²) in [7, 11) is 0. The normalized spacial score (nSPS) is 16.6. The van der Waals surface area contributed by atoms with Crippen LogP contribution < -0.4 is 9.80 Å². The maximum Gasteiger partial charge on any atom is 0.0488 e. The van der Waals surface area contributed by atoms with Crippen LogP contribution in [0.2, 0.25) is 0 Å². The van der Waals surface area contributed by atoms with E-state index in [-0.39, 0.29) is 0 Å². The summed E-state index contributed by atoms with van der Waals surface area (Å²) in [4.78, 5) is 4.79. The highest BCUT2D eigenvalue weighted by atomic mass is 15.2. The zero-order chi connectivity index (χ0) is 31.0. The number of anilines is 6. The third-order valence-electron chi connectivity index (χ3n) is 10.1. The Hall–Kier alpha value is -5.08. The molecule has 0 N–H and O–H groups in total. The van der Waals surface area contributed by atoms with Crippen molar-refractivity contribution in [3.8, 4) is 11.1 Å². The molecule has 0 saturated heterocycles. The number of hydrogen-bond acceptors (Lipinski definition) is 2. The van der Waals surface area contributed by atoms with E-state index >= 15 is 0 Å². The Morgan fingerprint density at radius 2 is 0.804 bits per heavy atom. The first-order valence-electron chi connectivity index (χ1n) is 16.7. The van der Waals surface area contributed by atoms with Crippen molar-refractivity contribution in [1.29, 1.82) is 0 Å². The van der Waals surface area contributed by atoms with E-state index in [1.54, 1.807) is 11.1 Å². The van der Waals surface area contributed by atoms with Crippen LogP contribution in [0.5, 0.6) is 0 Å². The van der Waals surface area contributed by atoms with Gasteiger partial charge in [0, 0.05) is 34.1 Å². The minimum Gasteiger partial charge on any atom is -0.310 e. The topological polar surface area (TPSA) is 6.48 Å². The summed E-state index contributed by atoms with van der Waals surface area (Å²) in [5.74, 6) is 1.44. The molecule has 0 atom stereocenters. The van der Waals surface area contributed by atoms with E-state index in [1.165, 1.54) is 47.9 Å². The molecule has 0 amide bonds. The van der Waals surface area contributed by atoms with Gasteiger partial charge in [-0.05, 0) is 140 Å². The van der Waals surface area contributed by atoms with Gasteiger partial charge in [-0.25, -0.2) is 0 Å². The molecule has 0 aromatic heterocycles. The fraction of sp³-hybridized carbons (Fsp3) is 0.182. The molecule has 0 heterocycles. The molecule has 3 aliphatic rings. The van der Waals surface area contributed by atoms with E-state index in [0.717, 1.165) is 40.0 Å². The van der Waals surface area contributed by atoms with Crippen LogP contribution in [0.25, 0.3) is 11.1 Å². The smallest absolute Gasteiger partial charge is 0.0488 e. The van der Waals surface area contributed by atoms with Crippen molar-refractivity contribution < 1.29 is 0 Å². The van der Waals surface area contributed by atoms with Crippen molar-refractivity contribution in [2.75, 3.05) is 9.80 Å². The van der Waals surface area contributed by atoms with Gasteiger partial charge in [0.15, 0.2) is 0 Å². The summed E-state index contributed by atoms with van der Waals surface area (Å²) < 4.78 is 0. The maximum absolute atomic E-state index is 2.52. The fourth-order valence-corrected chi connectivity index (χ4v) is 7.65. The molecule has 2 nitrogen and oxygen atoms in total. The number of para-hydroxylation sites is 2. The summed E-state index contributed by atoms with van der Waals surface area (Å²) in [5, 5.41) is 0. The van der Waals surface area contributed by atoms with E-state index in [0.29, 0.717) is 5.92 Å². The number of hydrogen-bond donors (Lipinski definition) is 0. The van der Waals surface area contributed by atoms with Crippen molar-refractivity contribution in [3.63, 3.8) is 0 Å². The number of fused-ring (bicyclic) bond motifs is 2. The van der Waals surface area contributed by atoms with E-state index in [9.17, 15) is 0 Å². The molecule has 0 spiro atoms. The van der Waals surface area contributed by atoms with Gasteiger partial charge in [0.05, 0.1) is 0 Å². The molecule has 0 unspecified atom stereocenters. The minimum atomic E-state index is 0.698. The second kappa shape index (κ2) is 12.0. The lowest BCUT2D eigenvalue weighted by molar-refractivity contribution is 0.359. The van der Waals surface area contributed by atoms with Crippen molar-refractivity contribution in [1.82, 2.24) is 0 Å². The van der Waals surface area contributed by atoms with Crippen LogP contribution in [-0.2, 0) is 0 Å². The van der Waals surface area contributed by atoms with Gasteiger partial charge in [0.25, 0.3) is 0 Å². The largest absolute Gasteiger partial charge is 0.310 e. The molecule has 2 bridgehead atoms. The molecular weight excluding hydrogens is 556 g/mol. The zero-order valence-corrected chi connectivity index (χ0v) is 26.7. The molecule has 1 fully saturated rings. The Balaban J connectivity index is 1.36. The lowest BCUT2D eigenvalue weighted by Crippen LogP contribution is -2.21. The van der Waals surface area contributed by atoms with Crippen molar-refractivity contribution in [2.24, 2.45) is 0 Å². The van der Waals surface area contributed by atoms with Gasteiger partial charge in [-0.1, -0.05) is 90.0 Å². The summed E-state index contributed by atoms with van der Waals surface area (Å²) >= 11 is 0.